The summed E-state index contributed by atoms with van der Waals surface area (Å²) in [6.45, 7) is 11.5. The number of carbonyl (C=O) groups is 1. The van der Waals surface area contributed by atoms with Crippen molar-refractivity contribution in [3.63, 3.8) is 0 Å². The Morgan fingerprint density at radius 3 is 2.56 bits per heavy atom. The molecule has 0 saturated carbocycles. The molecule has 6 heteroatoms. The molecule has 2 unspecified atom stereocenters. The summed E-state index contributed by atoms with van der Waals surface area (Å²) in [6, 6.07) is 7.98. The number of carbonyl (C=O) groups excluding carboxylic acids is 1. The van der Waals surface area contributed by atoms with Crippen molar-refractivity contribution in [2.75, 3.05) is 19.6 Å². The van der Waals surface area contributed by atoms with Gasteiger partial charge in [-0.1, -0.05) is 26.0 Å². The van der Waals surface area contributed by atoms with Gasteiger partial charge >= 0.3 is 0 Å². The van der Waals surface area contributed by atoms with Gasteiger partial charge in [0.15, 0.2) is 5.69 Å². The van der Waals surface area contributed by atoms with Crippen molar-refractivity contribution in [1.82, 2.24) is 20.0 Å². The number of para-hydroxylation sites is 1. The van der Waals surface area contributed by atoms with Crippen molar-refractivity contribution in [1.29, 1.82) is 0 Å². The lowest BCUT2D eigenvalue weighted by atomic mass is 9.88. The van der Waals surface area contributed by atoms with E-state index in [2.05, 4.69) is 43.0 Å². The average Bonchev–Trinajstić information content (AvgIpc) is 3.09. The molecular formula is C21H29FN4O. The molecule has 1 aliphatic heterocycles. The van der Waals surface area contributed by atoms with Crippen molar-refractivity contribution in [2.24, 2.45) is 11.8 Å². The van der Waals surface area contributed by atoms with Gasteiger partial charge in [0.05, 0.1) is 0 Å². The van der Waals surface area contributed by atoms with Crippen LogP contribution in [-0.2, 0) is 0 Å². The number of nitrogens with one attached hydrogen (secondary N) is 1. The van der Waals surface area contributed by atoms with Crippen LogP contribution in [0.3, 0.4) is 0 Å². The van der Waals surface area contributed by atoms with Gasteiger partial charge < -0.3 is 5.32 Å². The number of rotatable bonds is 5. The molecule has 0 radical (unpaired) electrons. The monoisotopic (exact) mass is 372 g/mol. The van der Waals surface area contributed by atoms with Crippen LogP contribution in [0.5, 0.6) is 0 Å². The highest BCUT2D eigenvalue weighted by molar-refractivity contribution is 5.92. The smallest absolute Gasteiger partial charge is 0.271 e. The predicted molar refractivity (Wildman–Crippen MR) is 104 cm³/mol. The van der Waals surface area contributed by atoms with Crippen molar-refractivity contribution in [3.05, 3.63) is 48.0 Å². The number of amides is 1. The molecule has 3 rings (SSSR count). The second-order valence-electron chi connectivity index (χ2n) is 8.44. The van der Waals surface area contributed by atoms with Crippen LogP contribution in [0.2, 0.25) is 0 Å². The first-order valence-electron chi connectivity index (χ1n) is 9.60. The number of hydrogen-bond acceptors (Lipinski definition) is 3. The van der Waals surface area contributed by atoms with Crippen LogP contribution >= 0.6 is 0 Å². The lowest BCUT2D eigenvalue weighted by molar-refractivity contribution is 0.0444. The zero-order chi connectivity index (χ0) is 19.6. The van der Waals surface area contributed by atoms with Gasteiger partial charge in [0.2, 0.25) is 0 Å². The second kappa shape index (κ2) is 7.80. The summed E-state index contributed by atoms with van der Waals surface area (Å²) in [7, 11) is 0. The molecule has 1 N–H and O–H groups in total. The third kappa shape index (κ3) is 4.56. The van der Waals surface area contributed by atoms with E-state index >= 15 is 0 Å². The van der Waals surface area contributed by atoms with Crippen LogP contribution in [0.1, 0.15) is 44.6 Å². The normalized spacial score (nSPS) is 21.2. The highest BCUT2D eigenvalue weighted by atomic mass is 19.1. The van der Waals surface area contributed by atoms with Crippen LogP contribution < -0.4 is 5.32 Å². The minimum Gasteiger partial charge on any atom is -0.349 e. The Balaban J connectivity index is 1.63. The van der Waals surface area contributed by atoms with Gasteiger partial charge in [-0.25, -0.2) is 9.07 Å². The van der Waals surface area contributed by atoms with Crippen LogP contribution in [0.4, 0.5) is 4.39 Å². The van der Waals surface area contributed by atoms with Gasteiger partial charge in [0.25, 0.3) is 5.91 Å². The minimum atomic E-state index is -0.373. The van der Waals surface area contributed by atoms with Crippen LogP contribution in [0.25, 0.3) is 5.69 Å². The molecule has 1 amide bonds. The minimum absolute atomic E-state index is 0.132. The Bertz CT molecular complexity index is 791. The van der Waals surface area contributed by atoms with E-state index in [9.17, 15) is 9.18 Å². The zero-order valence-corrected chi connectivity index (χ0v) is 16.6. The van der Waals surface area contributed by atoms with E-state index in [1.54, 1.807) is 30.5 Å². The van der Waals surface area contributed by atoms with E-state index in [0.29, 0.717) is 24.1 Å². The van der Waals surface area contributed by atoms with Crippen LogP contribution in [-0.4, -0.2) is 45.8 Å². The van der Waals surface area contributed by atoms with E-state index in [4.69, 9.17) is 0 Å². The average molecular weight is 372 g/mol. The zero-order valence-electron chi connectivity index (χ0n) is 16.6. The van der Waals surface area contributed by atoms with Crippen LogP contribution in [0.15, 0.2) is 36.5 Å². The fourth-order valence-electron chi connectivity index (χ4n) is 3.87. The maximum Gasteiger partial charge on any atom is 0.271 e. The molecular weight excluding hydrogens is 343 g/mol. The standard InChI is InChI=1S/C21H29FN4O/c1-15-11-16(2)13-25(12-15)21(3,4)14-23-20(27)18-9-10-26(24-18)19-8-6-5-7-17(19)22/h5-10,15-16H,11-14H2,1-4H3,(H,23,27). The molecule has 146 valence electrons. The van der Waals surface area contributed by atoms with Crippen molar-refractivity contribution in [3.8, 4) is 5.69 Å². The third-order valence-corrected chi connectivity index (χ3v) is 5.33. The number of halogens is 1. The summed E-state index contributed by atoms with van der Waals surface area (Å²) in [6.07, 6.45) is 2.86. The van der Waals surface area contributed by atoms with Gasteiger partial charge in [-0.15, -0.1) is 0 Å². The molecule has 2 atom stereocenters. The Morgan fingerprint density at radius 1 is 1.22 bits per heavy atom. The van der Waals surface area contributed by atoms with E-state index in [-0.39, 0.29) is 23.0 Å². The second-order valence-corrected chi connectivity index (χ2v) is 8.44. The number of likely N-dealkylation sites (tertiary alicyclic amines) is 1. The first-order valence-corrected chi connectivity index (χ1v) is 9.60. The summed E-state index contributed by atoms with van der Waals surface area (Å²) >= 11 is 0. The van der Waals surface area contributed by atoms with E-state index < -0.39 is 0 Å². The van der Waals surface area contributed by atoms with Gasteiger partial charge in [-0.2, -0.15) is 5.10 Å². The quantitative estimate of drug-likeness (QED) is 0.874. The molecule has 5 nitrogen and oxygen atoms in total. The molecule has 0 bridgehead atoms. The van der Waals surface area contributed by atoms with Crippen LogP contribution in [0, 0.1) is 17.7 Å². The largest absolute Gasteiger partial charge is 0.349 e. The predicted octanol–water partition coefficient (Wildman–Crippen LogP) is 3.50. The first kappa shape index (κ1) is 19.5. The van der Waals surface area contributed by atoms with Gasteiger partial charge in [-0.3, -0.25) is 9.69 Å². The van der Waals surface area contributed by atoms with Gasteiger partial charge in [0.1, 0.15) is 11.5 Å². The Labute approximate surface area is 160 Å². The summed E-state index contributed by atoms with van der Waals surface area (Å²) < 4.78 is 15.3. The Kier molecular flexibility index (Phi) is 5.65. The summed E-state index contributed by atoms with van der Waals surface area (Å²) in [5.41, 5.74) is 0.481. The summed E-state index contributed by atoms with van der Waals surface area (Å²) in [4.78, 5) is 15.0. The number of piperidine rings is 1. The Hall–Kier alpha value is -2.21. The van der Waals surface area contributed by atoms with E-state index in [1.165, 1.54) is 17.2 Å². The SMILES string of the molecule is CC1CC(C)CN(C(C)(C)CNC(=O)c2ccn(-c3ccccc3F)n2)C1. The van der Waals surface area contributed by atoms with E-state index in [1.807, 2.05) is 0 Å². The van der Waals surface area contributed by atoms with Crippen molar-refractivity contribution < 1.29 is 9.18 Å². The molecule has 27 heavy (non-hydrogen) atoms. The molecule has 2 aromatic rings. The number of aromatic nitrogens is 2. The van der Waals surface area contributed by atoms with Crippen molar-refractivity contribution in [2.45, 2.75) is 39.7 Å². The maximum absolute atomic E-state index is 13.9. The molecule has 1 aliphatic rings. The molecule has 2 heterocycles. The molecule has 1 fully saturated rings. The summed E-state index contributed by atoms with van der Waals surface area (Å²) in [5, 5.41) is 7.22. The molecule has 1 aromatic heterocycles. The molecule has 1 aromatic carbocycles. The Morgan fingerprint density at radius 2 is 1.89 bits per heavy atom. The fraction of sp³-hybridized carbons (Fsp3) is 0.524. The number of hydrogen-bond donors (Lipinski definition) is 1. The fourth-order valence-corrected chi connectivity index (χ4v) is 3.87. The third-order valence-electron chi connectivity index (χ3n) is 5.33. The van der Waals surface area contributed by atoms with Gasteiger partial charge in [0, 0.05) is 31.4 Å². The van der Waals surface area contributed by atoms with E-state index in [0.717, 1.165) is 13.1 Å². The highest BCUT2D eigenvalue weighted by Gasteiger charge is 2.33. The van der Waals surface area contributed by atoms with Crippen molar-refractivity contribution >= 4 is 5.91 Å². The maximum atomic E-state index is 13.9. The lowest BCUT2D eigenvalue weighted by Crippen LogP contribution is -2.56. The summed E-state index contributed by atoms with van der Waals surface area (Å²) in [5.74, 6) is 0.721. The molecule has 0 spiro atoms. The van der Waals surface area contributed by atoms with Gasteiger partial charge in [-0.05, 0) is 50.3 Å². The number of nitrogens with zero attached hydrogens (tertiary/aromatic N) is 3. The highest BCUT2D eigenvalue weighted by Crippen LogP contribution is 2.26. The molecule has 1 saturated heterocycles. The molecule has 0 aliphatic carbocycles. The number of benzene rings is 1. The lowest BCUT2D eigenvalue weighted by Gasteiger charge is -2.45. The first-order chi connectivity index (χ1) is 12.8. The topological polar surface area (TPSA) is 50.2 Å².